The maximum absolute atomic E-state index is 12.3. The maximum atomic E-state index is 12.3. The largest absolute Gasteiger partial charge is 0.445 e. The van der Waals surface area contributed by atoms with E-state index in [0.29, 0.717) is 0 Å². The molecule has 0 saturated heterocycles. The van der Waals surface area contributed by atoms with Gasteiger partial charge in [0.25, 0.3) is 0 Å². The highest BCUT2D eigenvalue weighted by molar-refractivity contribution is 7.55. The SMILES string of the molecule is CCOP(=O)(OCC)C(OC(C)=O)C(Cl)(Cl)Cl. The number of hydrogen-bond acceptors (Lipinski definition) is 5. The molecule has 5 nitrogen and oxygen atoms in total. The molecule has 0 bridgehead atoms. The molecular formula is C8H14Cl3O5P. The van der Waals surface area contributed by atoms with Gasteiger partial charge in [-0.1, -0.05) is 34.8 Å². The second-order valence-electron chi connectivity index (χ2n) is 2.88. The number of rotatable bonds is 6. The molecule has 17 heavy (non-hydrogen) atoms. The normalized spacial score (nSPS) is 14.5. The minimum absolute atomic E-state index is 0.0653. The van der Waals surface area contributed by atoms with Crippen molar-refractivity contribution in [1.29, 1.82) is 0 Å². The quantitative estimate of drug-likeness (QED) is 0.424. The van der Waals surface area contributed by atoms with Gasteiger partial charge in [0.1, 0.15) is 0 Å². The van der Waals surface area contributed by atoms with Crippen LogP contribution in [0.4, 0.5) is 0 Å². The van der Waals surface area contributed by atoms with Crippen LogP contribution in [0, 0.1) is 0 Å². The molecule has 0 aliphatic heterocycles. The fourth-order valence-corrected chi connectivity index (χ4v) is 3.91. The van der Waals surface area contributed by atoms with Gasteiger partial charge in [-0.15, -0.1) is 0 Å². The lowest BCUT2D eigenvalue weighted by molar-refractivity contribution is -0.143. The van der Waals surface area contributed by atoms with E-state index in [9.17, 15) is 9.36 Å². The smallest absolute Gasteiger partial charge is 0.375 e. The van der Waals surface area contributed by atoms with Gasteiger partial charge < -0.3 is 13.8 Å². The number of halogens is 3. The average molecular weight is 328 g/mol. The predicted molar refractivity (Wildman–Crippen MR) is 66.7 cm³/mol. The van der Waals surface area contributed by atoms with Crippen molar-refractivity contribution >= 4 is 48.4 Å². The van der Waals surface area contributed by atoms with Crippen molar-refractivity contribution in [3.63, 3.8) is 0 Å². The number of ether oxygens (including phenoxy) is 1. The van der Waals surface area contributed by atoms with E-state index in [1.54, 1.807) is 13.8 Å². The first-order valence-electron chi connectivity index (χ1n) is 4.80. The third-order valence-electron chi connectivity index (χ3n) is 1.46. The summed E-state index contributed by atoms with van der Waals surface area (Å²) in [6.07, 6.45) is 0. The van der Waals surface area contributed by atoms with Gasteiger partial charge in [0.2, 0.25) is 9.64 Å². The van der Waals surface area contributed by atoms with Gasteiger partial charge in [-0.25, -0.2) is 0 Å². The molecule has 0 aliphatic carbocycles. The molecule has 0 amide bonds. The second-order valence-corrected chi connectivity index (χ2v) is 7.31. The molecule has 0 aromatic rings. The lowest BCUT2D eigenvalue weighted by Crippen LogP contribution is -2.32. The van der Waals surface area contributed by atoms with Gasteiger partial charge in [0, 0.05) is 6.92 Å². The Balaban J connectivity index is 5.21. The lowest BCUT2D eigenvalue weighted by Gasteiger charge is -2.29. The Kier molecular flexibility index (Phi) is 7.38. The highest BCUT2D eigenvalue weighted by atomic mass is 35.6. The predicted octanol–water partition coefficient (Wildman–Crippen LogP) is 3.51. The third-order valence-corrected chi connectivity index (χ3v) is 4.82. The summed E-state index contributed by atoms with van der Waals surface area (Å²) in [5.74, 6) is -2.35. The van der Waals surface area contributed by atoms with E-state index in [-0.39, 0.29) is 13.2 Å². The van der Waals surface area contributed by atoms with Crippen LogP contribution in [0.3, 0.4) is 0 Å². The summed E-state index contributed by atoms with van der Waals surface area (Å²) in [6, 6.07) is 0. The number of carbonyl (C=O) groups is 1. The van der Waals surface area contributed by atoms with E-state index in [1.807, 2.05) is 0 Å². The highest BCUT2D eigenvalue weighted by Crippen LogP contribution is 2.60. The zero-order valence-corrected chi connectivity index (χ0v) is 12.8. The van der Waals surface area contributed by atoms with E-state index in [2.05, 4.69) is 0 Å². The van der Waals surface area contributed by atoms with Crippen LogP contribution in [0.25, 0.3) is 0 Å². The second kappa shape index (κ2) is 7.17. The molecule has 1 atom stereocenters. The van der Waals surface area contributed by atoms with Gasteiger partial charge >= 0.3 is 13.6 Å². The van der Waals surface area contributed by atoms with Crippen LogP contribution in [0.1, 0.15) is 20.8 Å². The van der Waals surface area contributed by atoms with E-state index in [4.69, 9.17) is 48.6 Å². The summed E-state index contributed by atoms with van der Waals surface area (Å²) in [7, 11) is -3.84. The number of esters is 1. The molecule has 0 radical (unpaired) electrons. The van der Waals surface area contributed by atoms with Gasteiger partial charge in [-0.2, -0.15) is 0 Å². The first-order chi connectivity index (χ1) is 7.67. The Morgan fingerprint density at radius 3 is 1.88 bits per heavy atom. The molecule has 0 N–H and O–H groups in total. The van der Waals surface area contributed by atoms with Crippen molar-refractivity contribution in [3.05, 3.63) is 0 Å². The Bertz CT molecular complexity index is 294. The van der Waals surface area contributed by atoms with Gasteiger partial charge in [0.15, 0.2) is 0 Å². The zero-order chi connectivity index (χ0) is 13.7. The van der Waals surface area contributed by atoms with Crippen LogP contribution in [0.15, 0.2) is 0 Å². The molecule has 0 heterocycles. The number of carbonyl (C=O) groups excluding carboxylic acids is 1. The van der Waals surface area contributed by atoms with Gasteiger partial charge in [-0.05, 0) is 13.8 Å². The Hall–Kier alpha value is 0.490. The van der Waals surface area contributed by atoms with Crippen molar-refractivity contribution in [1.82, 2.24) is 0 Å². The number of hydrogen-bond donors (Lipinski definition) is 0. The molecule has 0 spiro atoms. The minimum Gasteiger partial charge on any atom is -0.445 e. The van der Waals surface area contributed by atoms with Crippen LogP contribution >= 0.6 is 42.4 Å². The van der Waals surface area contributed by atoms with Crippen LogP contribution in [0.5, 0.6) is 0 Å². The molecule has 0 aromatic heterocycles. The molecule has 0 aromatic carbocycles. The first-order valence-corrected chi connectivity index (χ1v) is 7.54. The molecule has 0 fully saturated rings. The lowest BCUT2D eigenvalue weighted by atomic mass is 10.7. The molecule has 0 rings (SSSR count). The van der Waals surface area contributed by atoms with E-state index in [0.717, 1.165) is 6.92 Å². The van der Waals surface area contributed by atoms with Crippen LogP contribution < -0.4 is 0 Å². The Morgan fingerprint density at radius 2 is 1.65 bits per heavy atom. The molecular weight excluding hydrogens is 313 g/mol. The van der Waals surface area contributed by atoms with E-state index >= 15 is 0 Å². The van der Waals surface area contributed by atoms with Crippen LogP contribution in [-0.4, -0.2) is 28.8 Å². The van der Waals surface area contributed by atoms with Crippen molar-refractivity contribution < 1.29 is 23.1 Å². The van der Waals surface area contributed by atoms with Crippen molar-refractivity contribution in [2.45, 2.75) is 30.4 Å². The average Bonchev–Trinajstić information content (AvgIpc) is 2.13. The fourth-order valence-electron chi connectivity index (χ4n) is 1.00. The van der Waals surface area contributed by atoms with Crippen LogP contribution in [-0.2, 0) is 23.1 Å². The number of alkyl halides is 3. The highest BCUT2D eigenvalue weighted by Gasteiger charge is 2.51. The minimum atomic E-state index is -3.84. The fraction of sp³-hybridized carbons (Fsp3) is 0.875. The summed E-state index contributed by atoms with van der Waals surface area (Å²) >= 11 is 16.9. The topological polar surface area (TPSA) is 61.8 Å². The summed E-state index contributed by atoms with van der Waals surface area (Å²) in [6.45, 7) is 4.42. The molecule has 102 valence electrons. The molecule has 9 heteroatoms. The van der Waals surface area contributed by atoms with Crippen molar-refractivity contribution in [2.24, 2.45) is 0 Å². The third kappa shape index (κ3) is 5.77. The molecule has 0 aliphatic rings. The standard InChI is InChI=1S/C8H14Cl3O5P/c1-4-14-17(13,15-5-2)7(8(9,10)11)16-6(3)12/h7H,4-5H2,1-3H3. The maximum Gasteiger partial charge on any atom is 0.375 e. The summed E-state index contributed by atoms with van der Waals surface area (Å²) in [4.78, 5) is 10.9. The molecule has 0 saturated carbocycles. The Morgan fingerprint density at radius 1 is 1.24 bits per heavy atom. The summed E-state index contributed by atoms with van der Waals surface area (Å²) < 4.78 is 24.9. The van der Waals surface area contributed by atoms with Gasteiger partial charge in [0.05, 0.1) is 13.2 Å². The Labute approximate surface area is 115 Å². The summed E-state index contributed by atoms with van der Waals surface area (Å²) in [5.41, 5.74) is 0. The van der Waals surface area contributed by atoms with Crippen molar-refractivity contribution in [3.8, 4) is 0 Å². The van der Waals surface area contributed by atoms with E-state index in [1.165, 1.54) is 0 Å². The van der Waals surface area contributed by atoms with Crippen molar-refractivity contribution in [2.75, 3.05) is 13.2 Å². The first kappa shape index (κ1) is 17.5. The van der Waals surface area contributed by atoms with Gasteiger partial charge in [-0.3, -0.25) is 9.36 Å². The zero-order valence-electron chi connectivity index (χ0n) is 9.61. The molecule has 1 unspecified atom stereocenters. The van der Waals surface area contributed by atoms with Crippen LogP contribution in [0.2, 0.25) is 0 Å². The summed E-state index contributed by atoms with van der Waals surface area (Å²) in [5, 5.41) is 0. The monoisotopic (exact) mass is 326 g/mol. The van der Waals surface area contributed by atoms with E-state index < -0.39 is 23.2 Å².